The molecule has 0 spiro atoms. The van der Waals surface area contributed by atoms with Crippen molar-refractivity contribution >= 4 is 11.9 Å². The normalized spacial score (nSPS) is 10.7. The predicted molar refractivity (Wildman–Crippen MR) is 73.2 cm³/mol. The Morgan fingerprint density at radius 3 is 2.70 bits per heavy atom. The Kier molecular flexibility index (Phi) is 6.14. The summed E-state index contributed by atoms with van der Waals surface area (Å²) in [6, 6.07) is 0. The van der Waals surface area contributed by atoms with E-state index >= 15 is 0 Å². The van der Waals surface area contributed by atoms with Crippen molar-refractivity contribution in [2.45, 2.75) is 40.7 Å². The van der Waals surface area contributed by atoms with Crippen LogP contribution in [-0.4, -0.2) is 40.0 Å². The zero-order valence-electron chi connectivity index (χ0n) is 12.5. The fraction of sp³-hybridized carbons (Fsp3) is 0.692. The summed E-state index contributed by atoms with van der Waals surface area (Å²) in [6.45, 7) is 8.87. The molecule has 1 amide bonds. The molecule has 1 aromatic rings. The van der Waals surface area contributed by atoms with Gasteiger partial charge in [0, 0.05) is 13.0 Å². The number of esters is 1. The minimum Gasteiger partial charge on any atom is -0.461 e. The highest BCUT2D eigenvalue weighted by Crippen LogP contribution is 2.07. The number of hydrogen-bond donors (Lipinski definition) is 1. The summed E-state index contributed by atoms with van der Waals surface area (Å²) < 4.78 is 6.66. The average Bonchev–Trinajstić information content (AvgIpc) is 2.75. The SMILES string of the molecule is CCNC(=O)CCn1nnc(C(=O)OCC(C)C)c1C. The highest BCUT2D eigenvalue weighted by Gasteiger charge is 2.18. The second-order valence-electron chi connectivity index (χ2n) is 4.94. The smallest absolute Gasteiger partial charge is 0.360 e. The first-order valence-corrected chi connectivity index (χ1v) is 6.79. The number of aryl methyl sites for hydroxylation is 1. The molecule has 1 rings (SSSR count). The lowest BCUT2D eigenvalue weighted by molar-refractivity contribution is -0.121. The van der Waals surface area contributed by atoms with Crippen LogP contribution >= 0.6 is 0 Å². The van der Waals surface area contributed by atoms with Crippen LogP contribution < -0.4 is 5.32 Å². The highest BCUT2D eigenvalue weighted by molar-refractivity contribution is 5.88. The number of carbonyl (C=O) groups is 2. The standard InChI is InChI=1S/C13H22N4O3/c1-5-14-11(18)6-7-17-10(4)12(15-16-17)13(19)20-8-9(2)3/h9H,5-8H2,1-4H3,(H,14,18). The van der Waals surface area contributed by atoms with Crippen LogP contribution in [0.5, 0.6) is 0 Å². The van der Waals surface area contributed by atoms with E-state index in [-0.39, 0.29) is 17.5 Å². The van der Waals surface area contributed by atoms with Gasteiger partial charge in [-0.3, -0.25) is 4.79 Å². The maximum Gasteiger partial charge on any atom is 0.360 e. The van der Waals surface area contributed by atoms with Gasteiger partial charge in [0.2, 0.25) is 5.91 Å². The van der Waals surface area contributed by atoms with Crippen LogP contribution in [-0.2, 0) is 16.1 Å². The molecule has 1 N–H and O–H groups in total. The molecule has 1 aromatic heterocycles. The van der Waals surface area contributed by atoms with Crippen molar-refractivity contribution in [3.8, 4) is 0 Å². The molecule has 20 heavy (non-hydrogen) atoms. The van der Waals surface area contributed by atoms with Gasteiger partial charge in [0.25, 0.3) is 0 Å². The van der Waals surface area contributed by atoms with Crippen LogP contribution in [0.2, 0.25) is 0 Å². The molecule has 7 nitrogen and oxygen atoms in total. The number of amides is 1. The largest absolute Gasteiger partial charge is 0.461 e. The van der Waals surface area contributed by atoms with Crippen LogP contribution in [0.15, 0.2) is 0 Å². The lowest BCUT2D eigenvalue weighted by Crippen LogP contribution is -2.24. The molecular weight excluding hydrogens is 260 g/mol. The number of nitrogens with one attached hydrogen (secondary N) is 1. The first-order chi connectivity index (χ1) is 9.45. The number of hydrogen-bond acceptors (Lipinski definition) is 5. The number of aromatic nitrogens is 3. The minimum atomic E-state index is -0.472. The maximum atomic E-state index is 11.8. The lowest BCUT2D eigenvalue weighted by Gasteiger charge is -2.06. The van der Waals surface area contributed by atoms with E-state index in [1.165, 1.54) is 0 Å². The van der Waals surface area contributed by atoms with Crippen LogP contribution in [0.4, 0.5) is 0 Å². The minimum absolute atomic E-state index is 0.0497. The van der Waals surface area contributed by atoms with E-state index in [2.05, 4.69) is 15.6 Å². The van der Waals surface area contributed by atoms with Gasteiger partial charge in [-0.15, -0.1) is 5.10 Å². The Balaban J connectivity index is 2.60. The van der Waals surface area contributed by atoms with Crippen LogP contribution in [0.25, 0.3) is 0 Å². The summed E-state index contributed by atoms with van der Waals surface area (Å²) in [5.41, 5.74) is 0.824. The Labute approximate surface area is 118 Å². The van der Waals surface area contributed by atoms with Crippen LogP contribution in [0, 0.1) is 12.8 Å². The molecule has 7 heteroatoms. The van der Waals surface area contributed by atoms with Crippen LogP contribution in [0.1, 0.15) is 43.4 Å². The topological polar surface area (TPSA) is 86.1 Å². The van der Waals surface area contributed by atoms with Crippen molar-refractivity contribution in [3.63, 3.8) is 0 Å². The Morgan fingerprint density at radius 1 is 1.40 bits per heavy atom. The van der Waals surface area contributed by atoms with Crippen molar-refractivity contribution < 1.29 is 14.3 Å². The van der Waals surface area contributed by atoms with E-state index in [4.69, 9.17) is 4.74 Å². The first kappa shape index (κ1) is 16.1. The predicted octanol–water partition coefficient (Wildman–Crippen LogP) is 0.926. The third kappa shape index (κ3) is 4.64. The van der Waals surface area contributed by atoms with E-state index in [0.29, 0.717) is 31.8 Å². The van der Waals surface area contributed by atoms with Gasteiger partial charge in [0.1, 0.15) is 0 Å². The molecule has 0 saturated heterocycles. The zero-order valence-corrected chi connectivity index (χ0v) is 12.5. The Hall–Kier alpha value is -1.92. The molecule has 0 aromatic carbocycles. The summed E-state index contributed by atoms with van der Waals surface area (Å²) >= 11 is 0. The molecule has 0 bridgehead atoms. The number of nitrogens with zero attached hydrogens (tertiary/aromatic N) is 3. The molecule has 0 atom stereocenters. The molecule has 0 aliphatic rings. The van der Waals surface area contributed by atoms with Gasteiger partial charge in [-0.05, 0) is 19.8 Å². The van der Waals surface area contributed by atoms with E-state index < -0.39 is 5.97 Å². The zero-order chi connectivity index (χ0) is 15.1. The number of carbonyl (C=O) groups excluding carboxylic acids is 2. The van der Waals surface area contributed by atoms with Crippen molar-refractivity contribution in [2.24, 2.45) is 5.92 Å². The summed E-state index contributed by atoms with van der Waals surface area (Å²) in [6.07, 6.45) is 0.304. The quantitative estimate of drug-likeness (QED) is 0.752. The van der Waals surface area contributed by atoms with E-state index in [0.717, 1.165) is 0 Å². The summed E-state index contributed by atoms with van der Waals surface area (Å²) in [4.78, 5) is 23.2. The molecule has 0 aliphatic heterocycles. The van der Waals surface area contributed by atoms with E-state index in [9.17, 15) is 9.59 Å². The number of rotatable bonds is 7. The van der Waals surface area contributed by atoms with Gasteiger partial charge in [-0.2, -0.15) is 0 Å². The summed E-state index contributed by atoms with van der Waals surface area (Å²) in [5, 5.41) is 10.4. The third-order valence-electron chi connectivity index (χ3n) is 2.65. The molecule has 0 fully saturated rings. The summed E-state index contributed by atoms with van der Waals surface area (Å²) in [5.74, 6) is -0.251. The van der Waals surface area contributed by atoms with E-state index in [1.807, 2.05) is 20.8 Å². The Morgan fingerprint density at radius 2 is 2.10 bits per heavy atom. The average molecular weight is 282 g/mol. The molecular formula is C13H22N4O3. The Bertz CT molecular complexity index is 468. The third-order valence-corrected chi connectivity index (χ3v) is 2.65. The van der Waals surface area contributed by atoms with Crippen molar-refractivity contribution in [2.75, 3.05) is 13.2 Å². The molecule has 1 heterocycles. The van der Waals surface area contributed by atoms with E-state index in [1.54, 1.807) is 11.6 Å². The second-order valence-corrected chi connectivity index (χ2v) is 4.94. The lowest BCUT2D eigenvalue weighted by atomic mass is 10.2. The van der Waals surface area contributed by atoms with Gasteiger partial charge >= 0.3 is 5.97 Å². The van der Waals surface area contributed by atoms with Gasteiger partial charge < -0.3 is 10.1 Å². The second kappa shape index (κ2) is 7.62. The maximum absolute atomic E-state index is 11.8. The fourth-order valence-corrected chi connectivity index (χ4v) is 1.57. The van der Waals surface area contributed by atoms with Gasteiger partial charge in [0.05, 0.1) is 18.8 Å². The molecule has 0 aliphatic carbocycles. The van der Waals surface area contributed by atoms with Gasteiger partial charge in [0.15, 0.2) is 5.69 Å². The van der Waals surface area contributed by atoms with Gasteiger partial charge in [-0.25, -0.2) is 9.48 Å². The monoisotopic (exact) mass is 282 g/mol. The first-order valence-electron chi connectivity index (χ1n) is 6.79. The number of ether oxygens (including phenoxy) is 1. The van der Waals surface area contributed by atoms with Crippen molar-refractivity contribution in [3.05, 3.63) is 11.4 Å². The molecule has 112 valence electrons. The van der Waals surface area contributed by atoms with Crippen molar-refractivity contribution in [1.29, 1.82) is 0 Å². The fourth-order valence-electron chi connectivity index (χ4n) is 1.57. The van der Waals surface area contributed by atoms with Gasteiger partial charge in [-0.1, -0.05) is 19.1 Å². The summed E-state index contributed by atoms with van der Waals surface area (Å²) in [7, 11) is 0. The molecule has 0 unspecified atom stereocenters. The highest BCUT2D eigenvalue weighted by atomic mass is 16.5. The van der Waals surface area contributed by atoms with Crippen molar-refractivity contribution in [1.82, 2.24) is 20.3 Å². The molecule has 0 saturated carbocycles. The molecule has 0 radical (unpaired) electrons. The van der Waals surface area contributed by atoms with Crippen LogP contribution in [0.3, 0.4) is 0 Å².